The third kappa shape index (κ3) is 7.35. The van der Waals surface area contributed by atoms with Gasteiger partial charge in [0, 0.05) is 17.0 Å². The Morgan fingerprint density at radius 3 is 2.34 bits per heavy atom. The van der Waals surface area contributed by atoms with E-state index in [9.17, 15) is 13.6 Å². The van der Waals surface area contributed by atoms with Crippen LogP contribution in [0.3, 0.4) is 0 Å². The molecule has 0 radical (unpaired) electrons. The maximum atomic E-state index is 15.1. The Labute approximate surface area is 208 Å². The molecule has 1 aliphatic carbocycles. The Morgan fingerprint density at radius 1 is 0.971 bits per heavy atom. The highest BCUT2D eigenvalue weighted by molar-refractivity contribution is 6.03. The van der Waals surface area contributed by atoms with Gasteiger partial charge in [0.25, 0.3) is 0 Å². The van der Waals surface area contributed by atoms with Gasteiger partial charge in [0.1, 0.15) is 12.8 Å². The van der Waals surface area contributed by atoms with Gasteiger partial charge in [-0.15, -0.1) is 0 Å². The van der Waals surface area contributed by atoms with Gasteiger partial charge in [-0.3, -0.25) is 4.79 Å². The van der Waals surface area contributed by atoms with Crippen molar-refractivity contribution in [1.82, 2.24) is 0 Å². The summed E-state index contributed by atoms with van der Waals surface area (Å²) in [5.74, 6) is -3.08. The lowest BCUT2D eigenvalue weighted by Crippen LogP contribution is -2.23. The first-order valence-corrected chi connectivity index (χ1v) is 13.4. The molecule has 0 aliphatic heterocycles. The Morgan fingerprint density at radius 2 is 1.66 bits per heavy atom. The SMILES string of the molecule is CCCCCCc1ccc(C2CCc3c(cc(F)c(OCC(F)CCCCCC)c3F)C2=O)cc1. The Hall–Kier alpha value is -2.30. The molecule has 0 fully saturated rings. The fraction of sp³-hybridized carbons (Fsp3) is 0.567. The summed E-state index contributed by atoms with van der Waals surface area (Å²) >= 11 is 0. The van der Waals surface area contributed by atoms with Crippen molar-refractivity contribution in [3.8, 4) is 5.75 Å². The third-order valence-electron chi connectivity index (χ3n) is 7.02. The number of benzene rings is 2. The van der Waals surface area contributed by atoms with Crippen LogP contribution >= 0.6 is 0 Å². The third-order valence-corrected chi connectivity index (χ3v) is 7.02. The van der Waals surface area contributed by atoms with E-state index in [-0.39, 0.29) is 23.5 Å². The highest BCUT2D eigenvalue weighted by Crippen LogP contribution is 2.38. The second kappa shape index (κ2) is 13.7. The van der Waals surface area contributed by atoms with Crippen LogP contribution in [0, 0.1) is 11.6 Å². The van der Waals surface area contributed by atoms with Crippen molar-refractivity contribution in [2.24, 2.45) is 0 Å². The quantitative estimate of drug-likeness (QED) is 0.249. The van der Waals surface area contributed by atoms with Gasteiger partial charge in [0.05, 0.1) is 0 Å². The first kappa shape index (κ1) is 27.3. The summed E-state index contributed by atoms with van der Waals surface area (Å²) in [5.41, 5.74) is 2.36. The standard InChI is InChI=1S/C30H39F3O2/c1-3-5-7-9-11-21-13-15-22(16-14-21)24-17-18-25-26(29(24)34)19-27(32)30(28(25)33)35-20-23(31)12-10-8-6-4-2/h13-16,19,23-24H,3-12,17-18,20H2,1-2H3. The molecular formula is C30H39F3O2. The number of fused-ring (bicyclic) bond motifs is 1. The van der Waals surface area contributed by atoms with E-state index in [2.05, 4.69) is 26.0 Å². The zero-order valence-electron chi connectivity index (χ0n) is 21.2. The van der Waals surface area contributed by atoms with Gasteiger partial charge in [-0.25, -0.2) is 13.2 Å². The van der Waals surface area contributed by atoms with Crippen molar-refractivity contribution in [3.63, 3.8) is 0 Å². The van der Waals surface area contributed by atoms with Gasteiger partial charge in [0.15, 0.2) is 23.2 Å². The average molecular weight is 489 g/mol. The summed E-state index contributed by atoms with van der Waals surface area (Å²) in [6, 6.07) is 9.11. The molecule has 3 rings (SSSR count). The van der Waals surface area contributed by atoms with Crippen LogP contribution in [-0.4, -0.2) is 18.6 Å². The molecule has 0 saturated carbocycles. The van der Waals surface area contributed by atoms with E-state index in [1.54, 1.807) is 0 Å². The Balaban J connectivity index is 1.64. The van der Waals surface area contributed by atoms with E-state index in [4.69, 9.17) is 4.74 Å². The number of ether oxygens (including phenoxy) is 1. The first-order chi connectivity index (χ1) is 17.0. The van der Waals surface area contributed by atoms with Gasteiger partial charge >= 0.3 is 0 Å². The van der Waals surface area contributed by atoms with Crippen LogP contribution in [0.5, 0.6) is 5.75 Å². The van der Waals surface area contributed by atoms with E-state index in [1.807, 2.05) is 12.1 Å². The zero-order chi connectivity index (χ0) is 25.2. The number of aryl methyl sites for hydroxylation is 1. The summed E-state index contributed by atoms with van der Waals surface area (Å²) in [7, 11) is 0. The van der Waals surface area contributed by atoms with E-state index in [0.29, 0.717) is 19.3 Å². The van der Waals surface area contributed by atoms with Crippen LogP contribution in [-0.2, 0) is 12.8 Å². The van der Waals surface area contributed by atoms with Gasteiger partial charge in [-0.2, -0.15) is 0 Å². The summed E-state index contributed by atoms with van der Waals surface area (Å²) in [6.45, 7) is 3.88. The molecule has 0 N–H and O–H groups in total. The molecule has 2 unspecified atom stereocenters. The van der Waals surface area contributed by atoms with Crippen molar-refractivity contribution >= 4 is 5.78 Å². The van der Waals surface area contributed by atoms with Gasteiger partial charge in [0.2, 0.25) is 0 Å². The monoisotopic (exact) mass is 488 g/mol. The van der Waals surface area contributed by atoms with Crippen molar-refractivity contribution < 1.29 is 22.7 Å². The lowest BCUT2D eigenvalue weighted by molar-refractivity contribution is 0.0943. The number of ketones is 1. The number of unbranched alkanes of at least 4 members (excludes halogenated alkanes) is 6. The Bertz CT molecular complexity index is 955. The number of Topliss-reactive ketones (excluding diaryl/α,β-unsaturated/α-hetero) is 1. The average Bonchev–Trinajstić information content (AvgIpc) is 2.85. The van der Waals surface area contributed by atoms with Crippen LogP contribution in [0.2, 0.25) is 0 Å². The fourth-order valence-electron chi connectivity index (χ4n) is 4.88. The van der Waals surface area contributed by atoms with Gasteiger partial charge in [-0.1, -0.05) is 83.1 Å². The first-order valence-electron chi connectivity index (χ1n) is 13.4. The molecule has 0 saturated heterocycles. The number of carbonyl (C=O) groups excluding carboxylic acids is 1. The highest BCUT2D eigenvalue weighted by Gasteiger charge is 2.33. The highest BCUT2D eigenvalue weighted by atomic mass is 19.1. The minimum absolute atomic E-state index is 0.0728. The predicted molar refractivity (Wildman–Crippen MR) is 135 cm³/mol. The second-order valence-corrected chi connectivity index (χ2v) is 9.79. The molecule has 2 aromatic carbocycles. The molecule has 0 heterocycles. The topological polar surface area (TPSA) is 26.3 Å². The summed E-state index contributed by atoms with van der Waals surface area (Å²) in [4.78, 5) is 13.2. The smallest absolute Gasteiger partial charge is 0.191 e. The number of hydrogen-bond donors (Lipinski definition) is 0. The molecule has 5 heteroatoms. The van der Waals surface area contributed by atoms with Crippen LogP contribution in [0.1, 0.15) is 111 Å². The summed E-state index contributed by atoms with van der Waals surface area (Å²) < 4.78 is 49.2. The normalized spacial score (nSPS) is 16.3. The number of carbonyl (C=O) groups is 1. The van der Waals surface area contributed by atoms with E-state index in [1.165, 1.54) is 24.8 Å². The van der Waals surface area contributed by atoms with Crippen molar-refractivity contribution in [2.45, 2.75) is 103 Å². The molecule has 2 nitrogen and oxygen atoms in total. The predicted octanol–water partition coefficient (Wildman–Crippen LogP) is 8.69. The molecule has 35 heavy (non-hydrogen) atoms. The molecule has 2 atom stereocenters. The molecule has 0 amide bonds. The number of hydrogen-bond acceptors (Lipinski definition) is 2. The van der Waals surface area contributed by atoms with Crippen molar-refractivity contribution in [1.29, 1.82) is 0 Å². The lowest BCUT2D eigenvalue weighted by atomic mass is 9.78. The molecule has 0 bridgehead atoms. The maximum Gasteiger partial charge on any atom is 0.191 e. The van der Waals surface area contributed by atoms with E-state index in [0.717, 1.165) is 50.2 Å². The number of alkyl halides is 1. The molecule has 1 aliphatic rings. The second-order valence-electron chi connectivity index (χ2n) is 9.79. The van der Waals surface area contributed by atoms with Crippen molar-refractivity contribution in [3.05, 3.63) is 64.2 Å². The molecule has 192 valence electrons. The molecule has 0 spiro atoms. The Kier molecular flexibility index (Phi) is 10.7. The van der Waals surface area contributed by atoms with Gasteiger partial charge in [-0.05, 0) is 49.3 Å². The number of rotatable bonds is 14. The minimum Gasteiger partial charge on any atom is -0.485 e. The van der Waals surface area contributed by atoms with E-state index >= 15 is 4.39 Å². The summed E-state index contributed by atoms with van der Waals surface area (Å²) in [6.07, 6.45) is 9.37. The van der Waals surface area contributed by atoms with Crippen LogP contribution < -0.4 is 4.74 Å². The number of halogens is 3. The molecule has 2 aromatic rings. The maximum absolute atomic E-state index is 15.1. The fourth-order valence-corrected chi connectivity index (χ4v) is 4.88. The minimum atomic E-state index is -1.28. The zero-order valence-corrected chi connectivity index (χ0v) is 21.2. The van der Waals surface area contributed by atoms with Crippen molar-refractivity contribution in [2.75, 3.05) is 6.61 Å². The molecule has 0 aromatic heterocycles. The van der Waals surface area contributed by atoms with Gasteiger partial charge < -0.3 is 4.74 Å². The van der Waals surface area contributed by atoms with E-state index < -0.39 is 29.5 Å². The molecular weight excluding hydrogens is 449 g/mol. The van der Waals surface area contributed by atoms with Crippen LogP contribution in [0.4, 0.5) is 13.2 Å². The summed E-state index contributed by atoms with van der Waals surface area (Å²) in [5, 5.41) is 0. The largest absolute Gasteiger partial charge is 0.485 e. The van der Waals surface area contributed by atoms with Crippen LogP contribution in [0.25, 0.3) is 0 Å². The van der Waals surface area contributed by atoms with Crippen LogP contribution in [0.15, 0.2) is 30.3 Å². The lowest BCUT2D eigenvalue weighted by Gasteiger charge is -2.25.